The average molecular weight is 381 g/mol. The van der Waals surface area contributed by atoms with Gasteiger partial charge in [0.15, 0.2) is 0 Å². The predicted octanol–water partition coefficient (Wildman–Crippen LogP) is 3.48. The van der Waals surface area contributed by atoms with Crippen LogP contribution in [0.15, 0.2) is 45.0 Å². The third-order valence-electron chi connectivity index (χ3n) is 4.45. The van der Waals surface area contributed by atoms with Crippen molar-refractivity contribution < 1.29 is 14.4 Å². The summed E-state index contributed by atoms with van der Waals surface area (Å²) >= 11 is 1.15. The number of fused-ring (bicyclic) bond motifs is 1. The van der Waals surface area contributed by atoms with Gasteiger partial charge in [0.25, 0.3) is 5.56 Å². The fourth-order valence-electron chi connectivity index (χ4n) is 3.02. The SMILES string of the molecule is Cc1noc(C)c1Cn1c(-c2ccccc2)nc2scc(C(=O)O)c2c1=O. The van der Waals surface area contributed by atoms with E-state index in [2.05, 4.69) is 10.1 Å². The number of benzene rings is 1. The topological polar surface area (TPSA) is 98.2 Å². The first-order valence-electron chi connectivity index (χ1n) is 8.20. The molecule has 1 aromatic carbocycles. The first kappa shape index (κ1) is 17.2. The molecular formula is C19H15N3O4S. The third-order valence-corrected chi connectivity index (χ3v) is 5.33. The number of hydrogen-bond acceptors (Lipinski definition) is 6. The van der Waals surface area contributed by atoms with Gasteiger partial charge in [0, 0.05) is 16.5 Å². The number of hydrogen-bond donors (Lipinski definition) is 1. The van der Waals surface area contributed by atoms with Gasteiger partial charge in [0.2, 0.25) is 0 Å². The number of aromatic nitrogens is 3. The van der Waals surface area contributed by atoms with Crippen LogP contribution in [-0.4, -0.2) is 25.8 Å². The number of carboxylic acid groups (broad SMARTS) is 1. The monoisotopic (exact) mass is 381 g/mol. The number of aryl methyl sites for hydroxylation is 2. The van der Waals surface area contributed by atoms with E-state index in [1.807, 2.05) is 30.3 Å². The minimum atomic E-state index is -1.14. The lowest BCUT2D eigenvalue weighted by Gasteiger charge is -2.13. The summed E-state index contributed by atoms with van der Waals surface area (Å²) < 4.78 is 6.70. The molecule has 27 heavy (non-hydrogen) atoms. The molecule has 7 nitrogen and oxygen atoms in total. The van der Waals surface area contributed by atoms with Crippen LogP contribution in [0.3, 0.4) is 0 Å². The summed E-state index contributed by atoms with van der Waals surface area (Å²) in [6, 6.07) is 9.34. The van der Waals surface area contributed by atoms with Crippen molar-refractivity contribution in [1.82, 2.24) is 14.7 Å². The first-order valence-corrected chi connectivity index (χ1v) is 9.08. The van der Waals surface area contributed by atoms with Gasteiger partial charge in [-0.1, -0.05) is 35.5 Å². The van der Waals surface area contributed by atoms with Gasteiger partial charge in [0.1, 0.15) is 16.4 Å². The van der Waals surface area contributed by atoms with E-state index in [9.17, 15) is 14.7 Å². The predicted molar refractivity (Wildman–Crippen MR) is 101 cm³/mol. The highest BCUT2D eigenvalue weighted by molar-refractivity contribution is 7.17. The van der Waals surface area contributed by atoms with Crippen LogP contribution in [0, 0.1) is 13.8 Å². The Balaban J connectivity index is 2.04. The van der Waals surface area contributed by atoms with Crippen molar-refractivity contribution in [2.75, 3.05) is 0 Å². The van der Waals surface area contributed by atoms with E-state index in [4.69, 9.17) is 4.52 Å². The van der Waals surface area contributed by atoms with E-state index < -0.39 is 11.5 Å². The van der Waals surface area contributed by atoms with Gasteiger partial charge in [0.05, 0.1) is 23.2 Å². The summed E-state index contributed by atoms with van der Waals surface area (Å²) in [5.74, 6) is -0.0503. The van der Waals surface area contributed by atoms with Crippen LogP contribution >= 0.6 is 11.3 Å². The summed E-state index contributed by atoms with van der Waals surface area (Å²) in [7, 11) is 0. The minimum Gasteiger partial charge on any atom is -0.478 e. The molecule has 8 heteroatoms. The van der Waals surface area contributed by atoms with E-state index in [0.717, 1.165) is 22.5 Å². The summed E-state index contributed by atoms with van der Waals surface area (Å²) in [6.45, 7) is 3.78. The molecular weight excluding hydrogens is 366 g/mol. The Kier molecular flexibility index (Phi) is 4.12. The number of rotatable bonds is 4. The van der Waals surface area contributed by atoms with Crippen molar-refractivity contribution in [3.05, 3.63) is 68.6 Å². The molecule has 3 aromatic heterocycles. The maximum absolute atomic E-state index is 13.3. The zero-order valence-corrected chi connectivity index (χ0v) is 15.4. The molecule has 0 aliphatic carbocycles. The highest BCUT2D eigenvalue weighted by atomic mass is 32.1. The van der Waals surface area contributed by atoms with Crippen molar-refractivity contribution in [2.45, 2.75) is 20.4 Å². The molecule has 0 amide bonds. The fraction of sp³-hybridized carbons (Fsp3) is 0.158. The third kappa shape index (κ3) is 2.83. The molecule has 0 saturated carbocycles. The van der Waals surface area contributed by atoms with E-state index in [1.54, 1.807) is 13.8 Å². The van der Waals surface area contributed by atoms with Crippen molar-refractivity contribution in [2.24, 2.45) is 0 Å². The van der Waals surface area contributed by atoms with Crippen LogP contribution in [0.5, 0.6) is 0 Å². The smallest absolute Gasteiger partial charge is 0.337 e. The van der Waals surface area contributed by atoms with Crippen LogP contribution in [0.1, 0.15) is 27.4 Å². The molecule has 0 unspecified atom stereocenters. The van der Waals surface area contributed by atoms with Crippen LogP contribution in [-0.2, 0) is 6.54 Å². The highest BCUT2D eigenvalue weighted by Gasteiger charge is 2.22. The van der Waals surface area contributed by atoms with Gasteiger partial charge in [-0.25, -0.2) is 9.78 Å². The molecule has 136 valence electrons. The Bertz CT molecular complexity index is 1200. The summed E-state index contributed by atoms with van der Waals surface area (Å²) in [4.78, 5) is 29.8. The number of thiophene rings is 1. The van der Waals surface area contributed by atoms with Crippen LogP contribution < -0.4 is 5.56 Å². The Hall–Kier alpha value is -3.26. The standard InChI is InChI=1S/C19H15N3O4S/c1-10-13(11(2)26-21-10)8-22-16(12-6-4-3-5-7-12)20-17-15(18(22)23)14(9-27-17)19(24)25/h3-7,9H,8H2,1-2H3,(H,24,25). The highest BCUT2D eigenvalue weighted by Crippen LogP contribution is 2.26. The molecule has 1 N–H and O–H groups in total. The second-order valence-corrected chi connectivity index (χ2v) is 6.99. The van der Waals surface area contributed by atoms with Gasteiger partial charge < -0.3 is 9.63 Å². The normalized spacial score (nSPS) is 11.2. The fourth-order valence-corrected chi connectivity index (χ4v) is 3.92. The first-order chi connectivity index (χ1) is 13.0. The minimum absolute atomic E-state index is 0.0281. The number of carboxylic acids is 1. The Morgan fingerprint density at radius 2 is 2.00 bits per heavy atom. The van der Waals surface area contributed by atoms with E-state index in [0.29, 0.717) is 22.1 Å². The number of nitrogens with zero attached hydrogens (tertiary/aromatic N) is 3. The summed E-state index contributed by atoms with van der Waals surface area (Å²) in [6.07, 6.45) is 0. The summed E-state index contributed by atoms with van der Waals surface area (Å²) in [5, 5.41) is 14.9. The number of carbonyl (C=O) groups is 1. The second kappa shape index (κ2) is 6.48. The zero-order chi connectivity index (χ0) is 19.1. The lowest BCUT2D eigenvalue weighted by molar-refractivity contribution is 0.0699. The Labute approximate surface area is 157 Å². The molecule has 0 saturated heterocycles. The van der Waals surface area contributed by atoms with E-state index in [1.165, 1.54) is 9.95 Å². The lowest BCUT2D eigenvalue weighted by Crippen LogP contribution is -2.25. The maximum Gasteiger partial charge on any atom is 0.337 e. The molecule has 0 aliphatic rings. The van der Waals surface area contributed by atoms with Crippen molar-refractivity contribution in [3.8, 4) is 11.4 Å². The molecule has 0 fully saturated rings. The van der Waals surface area contributed by atoms with Crippen LogP contribution in [0.25, 0.3) is 21.6 Å². The lowest BCUT2D eigenvalue weighted by atomic mass is 10.1. The Morgan fingerprint density at radius 1 is 1.26 bits per heavy atom. The van der Waals surface area contributed by atoms with Crippen molar-refractivity contribution in [1.29, 1.82) is 0 Å². The maximum atomic E-state index is 13.3. The Morgan fingerprint density at radius 3 is 2.63 bits per heavy atom. The molecule has 0 bridgehead atoms. The molecule has 0 atom stereocenters. The van der Waals surface area contributed by atoms with Gasteiger partial charge in [-0.05, 0) is 13.8 Å². The largest absolute Gasteiger partial charge is 0.478 e. The van der Waals surface area contributed by atoms with E-state index in [-0.39, 0.29) is 17.5 Å². The molecule has 4 rings (SSSR count). The van der Waals surface area contributed by atoms with Gasteiger partial charge in [-0.2, -0.15) is 0 Å². The van der Waals surface area contributed by atoms with Crippen molar-refractivity contribution >= 4 is 27.5 Å². The van der Waals surface area contributed by atoms with Gasteiger partial charge >= 0.3 is 5.97 Å². The van der Waals surface area contributed by atoms with Gasteiger partial charge in [-0.15, -0.1) is 11.3 Å². The molecule has 0 spiro atoms. The van der Waals surface area contributed by atoms with Gasteiger partial charge in [-0.3, -0.25) is 9.36 Å². The number of aromatic carboxylic acids is 1. The average Bonchev–Trinajstić information content (AvgIpc) is 3.23. The second-order valence-electron chi connectivity index (χ2n) is 6.13. The molecule has 4 aromatic rings. The quantitative estimate of drug-likeness (QED) is 0.581. The molecule has 3 heterocycles. The van der Waals surface area contributed by atoms with Crippen LogP contribution in [0.2, 0.25) is 0 Å². The van der Waals surface area contributed by atoms with Crippen LogP contribution in [0.4, 0.5) is 0 Å². The van der Waals surface area contributed by atoms with E-state index >= 15 is 0 Å². The van der Waals surface area contributed by atoms with Crippen molar-refractivity contribution in [3.63, 3.8) is 0 Å². The summed E-state index contributed by atoms with van der Waals surface area (Å²) in [5.41, 5.74) is 1.82. The zero-order valence-electron chi connectivity index (χ0n) is 14.6. The molecule has 0 radical (unpaired) electrons. The molecule has 0 aliphatic heterocycles.